The molecule has 0 heteroatoms. The van der Waals surface area contributed by atoms with Crippen LogP contribution >= 0.6 is 0 Å². The maximum Gasteiger partial charge on any atom is -0.0360 e. The van der Waals surface area contributed by atoms with Crippen molar-refractivity contribution in [2.45, 2.75) is 46.0 Å². The Kier molecular flexibility index (Phi) is 1.95. The van der Waals surface area contributed by atoms with Crippen molar-refractivity contribution in [3.8, 4) is 0 Å². The Hall–Kier alpha value is 0. The van der Waals surface area contributed by atoms with E-state index in [2.05, 4.69) is 13.8 Å². The van der Waals surface area contributed by atoms with E-state index in [4.69, 9.17) is 0 Å². The quantitative estimate of drug-likeness (QED) is 0.539. The average molecular weight is 152 g/mol. The monoisotopic (exact) mass is 152 g/mol. The van der Waals surface area contributed by atoms with E-state index in [1.165, 1.54) is 6.42 Å². The predicted octanol–water partition coefficient (Wildman–Crippen LogP) is 3.47. The molecule has 3 rings (SSSR count). The molecule has 2 bridgehead atoms. The molecule has 3 aliphatic carbocycles. The third-order valence-electron chi connectivity index (χ3n) is 4.31. The summed E-state index contributed by atoms with van der Waals surface area (Å²) in [6.45, 7) is 4.87. The van der Waals surface area contributed by atoms with Gasteiger partial charge in [0.2, 0.25) is 0 Å². The summed E-state index contributed by atoms with van der Waals surface area (Å²) in [7, 11) is 0. The summed E-state index contributed by atoms with van der Waals surface area (Å²) in [5.74, 6) is 4.35. The maximum absolute atomic E-state index is 2.49. The molecule has 3 fully saturated rings. The van der Waals surface area contributed by atoms with Gasteiger partial charge < -0.3 is 0 Å². The normalized spacial score (nSPS) is 49.6. The number of hydrogen-bond donors (Lipinski definition) is 0. The predicted molar refractivity (Wildman–Crippen MR) is 48.4 cm³/mol. The molecule has 0 unspecified atom stereocenters. The fourth-order valence-electron chi connectivity index (χ4n) is 3.58. The molecule has 64 valence electrons. The second-order valence-electron chi connectivity index (χ2n) is 4.61. The molecule has 0 N–H and O–H groups in total. The summed E-state index contributed by atoms with van der Waals surface area (Å²) >= 11 is 0. The van der Waals surface area contributed by atoms with Gasteiger partial charge in [-0.2, -0.15) is 0 Å². The first-order valence-corrected chi connectivity index (χ1v) is 5.33. The lowest BCUT2D eigenvalue weighted by Crippen LogP contribution is -2.38. The van der Waals surface area contributed by atoms with E-state index < -0.39 is 0 Å². The third-order valence-corrected chi connectivity index (χ3v) is 4.31. The topological polar surface area (TPSA) is 0 Å². The highest BCUT2D eigenvalue weighted by molar-refractivity contribution is 4.89. The lowest BCUT2D eigenvalue weighted by Gasteiger charge is -2.47. The smallest absolute Gasteiger partial charge is 0.0360 e. The van der Waals surface area contributed by atoms with Crippen LogP contribution in [0.3, 0.4) is 0 Å². The highest BCUT2D eigenvalue weighted by Gasteiger charge is 2.39. The van der Waals surface area contributed by atoms with Gasteiger partial charge in [-0.05, 0) is 49.4 Å². The van der Waals surface area contributed by atoms with Crippen molar-refractivity contribution >= 4 is 0 Å². The van der Waals surface area contributed by atoms with Crippen molar-refractivity contribution in [3.63, 3.8) is 0 Å². The Morgan fingerprint density at radius 1 is 1.00 bits per heavy atom. The van der Waals surface area contributed by atoms with E-state index in [-0.39, 0.29) is 0 Å². The van der Waals surface area contributed by atoms with Gasteiger partial charge in [0.15, 0.2) is 0 Å². The van der Waals surface area contributed by atoms with Gasteiger partial charge in [-0.1, -0.05) is 20.3 Å². The molecule has 0 aromatic heterocycles. The highest BCUT2D eigenvalue weighted by atomic mass is 14.4. The largest absolute Gasteiger partial charge is 0.0651 e. The summed E-state index contributed by atoms with van der Waals surface area (Å²) in [5, 5.41) is 0. The van der Waals surface area contributed by atoms with Gasteiger partial charge in [0.25, 0.3) is 0 Å². The van der Waals surface area contributed by atoms with E-state index >= 15 is 0 Å². The van der Waals surface area contributed by atoms with E-state index in [1.54, 1.807) is 25.7 Å². The first kappa shape index (κ1) is 7.64. The first-order chi connectivity index (χ1) is 5.33. The van der Waals surface area contributed by atoms with Crippen LogP contribution in [0.5, 0.6) is 0 Å². The number of rotatable bonds is 1. The number of hydrogen-bond acceptors (Lipinski definition) is 0. The van der Waals surface area contributed by atoms with E-state index in [0.29, 0.717) is 0 Å². The van der Waals surface area contributed by atoms with Gasteiger partial charge in [0, 0.05) is 0 Å². The fraction of sp³-hybridized carbons (Fsp3) is 1.00. The van der Waals surface area contributed by atoms with E-state index in [1.807, 2.05) is 0 Å². The van der Waals surface area contributed by atoms with E-state index in [9.17, 15) is 0 Å². The van der Waals surface area contributed by atoms with Crippen LogP contribution in [0.2, 0.25) is 0 Å². The van der Waals surface area contributed by atoms with Gasteiger partial charge in [-0.3, -0.25) is 0 Å². The van der Waals surface area contributed by atoms with Crippen LogP contribution in [0.4, 0.5) is 0 Å². The lowest BCUT2D eigenvalue weighted by molar-refractivity contribution is 0.0320. The van der Waals surface area contributed by atoms with Crippen LogP contribution in [0.1, 0.15) is 46.0 Å². The van der Waals surface area contributed by atoms with Gasteiger partial charge >= 0.3 is 0 Å². The zero-order chi connectivity index (χ0) is 7.84. The Bertz CT molecular complexity index is 129. The summed E-state index contributed by atoms with van der Waals surface area (Å²) in [6.07, 6.45) is 7.62. The second kappa shape index (κ2) is 2.80. The molecule has 0 saturated heterocycles. The van der Waals surface area contributed by atoms with Crippen molar-refractivity contribution in [2.24, 2.45) is 23.7 Å². The Morgan fingerprint density at radius 2 is 1.55 bits per heavy atom. The first-order valence-electron chi connectivity index (χ1n) is 5.33. The maximum atomic E-state index is 2.49. The molecule has 3 aliphatic rings. The molecule has 0 amide bonds. The van der Waals surface area contributed by atoms with Crippen molar-refractivity contribution in [1.29, 1.82) is 0 Å². The van der Waals surface area contributed by atoms with Gasteiger partial charge in [0.1, 0.15) is 0 Å². The lowest BCUT2D eigenvalue weighted by atomic mass is 9.58. The fourth-order valence-corrected chi connectivity index (χ4v) is 3.58. The Labute approximate surface area is 70.4 Å². The van der Waals surface area contributed by atoms with Crippen LogP contribution in [-0.2, 0) is 0 Å². The van der Waals surface area contributed by atoms with Crippen molar-refractivity contribution in [3.05, 3.63) is 0 Å². The Balaban J connectivity index is 2.10. The molecular formula is C11H20. The van der Waals surface area contributed by atoms with Gasteiger partial charge in [-0.25, -0.2) is 0 Å². The van der Waals surface area contributed by atoms with Gasteiger partial charge in [-0.15, -0.1) is 0 Å². The minimum atomic E-state index is 1.05. The molecule has 0 aromatic rings. The molecule has 0 spiro atoms. The molecule has 11 heavy (non-hydrogen) atoms. The SMILES string of the molecule is CC[C@H]1C2CCC(CC2)[C@@H]1C. The van der Waals surface area contributed by atoms with Crippen LogP contribution < -0.4 is 0 Å². The molecule has 2 atom stereocenters. The van der Waals surface area contributed by atoms with Crippen LogP contribution in [-0.4, -0.2) is 0 Å². The minimum Gasteiger partial charge on any atom is -0.0651 e. The van der Waals surface area contributed by atoms with Crippen LogP contribution in [0.15, 0.2) is 0 Å². The minimum absolute atomic E-state index is 1.05. The summed E-state index contributed by atoms with van der Waals surface area (Å²) in [4.78, 5) is 0. The summed E-state index contributed by atoms with van der Waals surface area (Å²) in [5.41, 5.74) is 0. The van der Waals surface area contributed by atoms with Crippen LogP contribution in [0, 0.1) is 23.7 Å². The molecule has 0 nitrogen and oxygen atoms in total. The average Bonchev–Trinajstić information content (AvgIpc) is 2.06. The number of fused-ring (bicyclic) bond motifs is 3. The summed E-state index contributed by atoms with van der Waals surface area (Å²) < 4.78 is 0. The zero-order valence-electron chi connectivity index (χ0n) is 7.84. The molecule has 0 radical (unpaired) electrons. The Morgan fingerprint density at radius 3 is 1.91 bits per heavy atom. The molecule has 0 aliphatic heterocycles. The molecule has 0 heterocycles. The van der Waals surface area contributed by atoms with Crippen molar-refractivity contribution in [2.75, 3.05) is 0 Å². The zero-order valence-corrected chi connectivity index (χ0v) is 7.84. The standard InChI is InChI=1S/C11H20/c1-3-11-8(2)9-4-6-10(11)7-5-9/h8-11H,3-7H2,1-2H3/t8-,9?,10?,11+/m0/s1. The van der Waals surface area contributed by atoms with E-state index in [0.717, 1.165) is 23.7 Å². The van der Waals surface area contributed by atoms with Gasteiger partial charge in [0.05, 0.1) is 0 Å². The van der Waals surface area contributed by atoms with Crippen LogP contribution in [0.25, 0.3) is 0 Å². The molecule has 0 aromatic carbocycles. The third kappa shape index (κ3) is 1.11. The van der Waals surface area contributed by atoms with Crippen molar-refractivity contribution in [1.82, 2.24) is 0 Å². The molecular weight excluding hydrogens is 132 g/mol. The second-order valence-corrected chi connectivity index (χ2v) is 4.61. The summed E-state index contributed by atoms with van der Waals surface area (Å²) in [6, 6.07) is 0. The van der Waals surface area contributed by atoms with Crippen molar-refractivity contribution < 1.29 is 0 Å². The highest BCUT2D eigenvalue weighted by Crippen LogP contribution is 2.49. The molecule has 3 saturated carbocycles.